The molecular formula is C18H24N2O3S. The molecule has 0 aliphatic carbocycles. The van der Waals surface area contributed by atoms with Crippen molar-refractivity contribution in [1.29, 1.82) is 0 Å². The van der Waals surface area contributed by atoms with Crippen LogP contribution in [0.1, 0.15) is 20.8 Å². The highest BCUT2D eigenvalue weighted by Gasteiger charge is 2.16. The van der Waals surface area contributed by atoms with Crippen LogP contribution in [-0.2, 0) is 10.0 Å². The molecule has 0 saturated heterocycles. The van der Waals surface area contributed by atoms with Gasteiger partial charge in [-0.1, -0.05) is 24.3 Å². The lowest BCUT2D eigenvalue weighted by Crippen LogP contribution is -2.37. The highest BCUT2D eigenvalue weighted by Crippen LogP contribution is 2.24. The molecule has 0 aromatic heterocycles. The number of hydrogen-bond donors (Lipinski definition) is 2. The summed E-state index contributed by atoms with van der Waals surface area (Å²) >= 11 is 0. The van der Waals surface area contributed by atoms with Crippen molar-refractivity contribution in [3.05, 3.63) is 48.5 Å². The van der Waals surface area contributed by atoms with Gasteiger partial charge in [0.2, 0.25) is 10.0 Å². The van der Waals surface area contributed by atoms with E-state index in [0.29, 0.717) is 5.75 Å². The molecule has 1 unspecified atom stereocenters. The fraction of sp³-hybridized carbons (Fsp3) is 0.333. The fourth-order valence-corrected chi connectivity index (χ4v) is 2.92. The zero-order valence-electron chi connectivity index (χ0n) is 14.2. The number of anilines is 1. The molecule has 0 aliphatic rings. The van der Waals surface area contributed by atoms with E-state index < -0.39 is 15.3 Å². The number of nitrogens with one attached hydrogen (secondary N) is 1. The second-order valence-electron chi connectivity index (χ2n) is 6.02. The number of nitrogens with two attached hydrogens (primary N) is 1. The monoisotopic (exact) mass is 348 g/mol. The Balaban J connectivity index is 1.96. The van der Waals surface area contributed by atoms with E-state index in [9.17, 15) is 8.42 Å². The van der Waals surface area contributed by atoms with Gasteiger partial charge in [0.15, 0.2) is 0 Å². The summed E-state index contributed by atoms with van der Waals surface area (Å²) < 4.78 is 31.8. The Labute approximate surface area is 143 Å². The lowest BCUT2D eigenvalue weighted by Gasteiger charge is -2.17. The van der Waals surface area contributed by atoms with Crippen LogP contribution < -0.4 is 15.2 Å². The molecule has 0 saturated carbocycles. The minimum absolute atomic E-state index is 0.234. The summed E-state index contributed by atoms with van der Waals surface area (Å²) in [4.78, 5) is 0. The van der Waals surface area contributed by atoms with Crippen LogP contribution in [0.2, 0.25) is 0 Å². The van der Waals surface area contributed by atoms with Crippen LogP contribution in [0.5, 0.6) is 5.75 Å². The Morgan fingerprint density at radius 2 is 1.71 bits per heavy atom. The zero-order chi connectivity index (χ0) is 17.7. The van der Waals surface area contributed by atoms with Gasteiger partial charge in [0.05, 0.1) is 5.25 Å². The lowest BCUT2D eigenvalue weighted by molar-refractivity contribution is 0.225. The van der Waals surface area contributed by atoms with Crippen molar-refractivity contribution in [2.75, 3.05) is 12.3 Å². The molecular weight excluding hydrogens is 324 g/mol. The van der Waals surface area contributed by atoms with E-state index >= 15 is 0 Å². The van der Waals surface area contributed by atoms with Crippen LogP contribution in [0, 0.1) is 0 Å². The minimum Gasteiger partial charge on any atom is -0.489 e. The molecule has 0 fully saturated rings. The summed E-state index contributed by atoms with van der Waals surface area (Å²) in [7, 11) is -3.27. The van der Waals surface area contributed by atoms with Crippen LogP contribution in [0.3, 0.4) is 0 Å². The molecule has 0 bridgehead atoms. The van der Waals surface area contributed by atoms with Crippen LogP contribution in [0.25, 0.3) is 11.1 Å². The first-order valence-corrected chi connectivity index (χ1v) is 9.43. The highest BCUT2D eigenvalue weighted by atomic mass is 32.2. The maximum atomic E-state index is 11.7. The molecule has 5 nitrogen and oxygen atoms in total. The summed E-state index contributed by atoms with van der Waals surface area (Å²) in [6, 6.07) is 15.3. The van der Waals surface area contributed by atoms with Gasteiger partial charge in [-0.2, -0.15) is 0 Å². The van der Waals surface area contributed by atoms with Crippen molar-refractivity contribution in [2.24, 2.45) is 0 Å². The molecule has 3 N–H and O–H groups in total. The third kappa shape index (κ3) is 4.97. The second kappa shape index (κ2) is 7.68. The molecule has 2 rings (SSSR count). The molecule has 130 valence electrons. The molecule has 0 heterocycles. The van der Waals surface area contributed by atoms with Gasteiger partial charge in [0.25, 0.3) is 0 Å². The molecule has 2 aromatic rings. The number of nitrogen functional groups attached to an aromatic ring is 1. The van der Waals surface area contributed by atoms with E-state index in [0.717, 1.165) is 16.8 Å². The van der Waals surface area contributed by atoms with E-state index in [1.165, 1.54) is 0 Å². The molecule has 1 atom stereocenters. The first kappa shape index (κ1) is 18.3. The Kier molecular flexibility index (Phi) is 5.85. The number of hydrogen-bond acceptors (Lipinski definition) is 4. The predicted octanol–water partition coefficient (Wildman–Crippen LogP) is 3.03. The number of benzene rings is 2. The van der Waals surface area contributed by atoms with E-state index in [1.807, 2.05) is 55.5 Å². The highest BCUT2D eigenvalue weighted by molar-refractivity contribution is 7.90. The first-order valence-electron chi connectivity index (χ1n) is 7.89. The van der Waals surface area contributed by atoms with Crippen molar-refractivity contribution in [3.63, 3.8) is 0 Å². The van der Waals surface area contributed by atoms with Gasteiger partial charge in [-0.25, -0.2) is 13.1 Å². The van der Waals surface area contributed by atoms with Gasteiger partial charge in [-0.15, -0.1) is 0 Å². The molecule has 6 heteroatoms. The topological polar surface area (TPSA) is 81.4 Å². The number of sulfonamides is 1. The van der Waals surface area contributed by atoms with Crippen molar-refractivity contribution in [1.82, 2.24) is 4.72 Å². The Bertz CT molecular complexity index is 771. The number of rotatable bonds is 7. The van der Waals surface area contributed by atoms with E-state index in [1.54, 1.807) is 13.8 Å². The quantitative estimate of drug-likeness (QED) is 0.754. The number of ether oxygens (including phenoxy) is 1. The van der Waals surface area contributed by atoms with Gasteiger partial charge >= 0.3 is 0 Å². The van der Waals surface area contributed by atoms with Gasteiger partial charge in [-0.3, -0.25) is 0 Å². The third-order valence-electron chi connectivity index (χ3n) is 3.60. The Morgan fingerprint density at radius 1 is 1.04 bits per heavy atom. The molecule has 24 heavy (non-hydrogen) atoms. The van der Waals surface area contributed by atoms with Crippen LogP contribution >= 0.6 is 0 Å². The van der Waals surface area contributed by atoms with Crippen molar-refractivity contribution in [3.8, 4) is 16.9 Å². The lowest BCUT2D eigenvalue weighted by atomic mass is 10.1. The van der Waals surface area contributed by atoms with Crippen LogP contribution in [-0.4, -0.2) is 26.3 Å². The van der Waals surface area contributed by atoms with Gasteiger partial charge in [0, 0.05) is 12.2 Å². The smallest absolute Gasteiger partial charge is 0.214 e. The second-order valence-corrected chi connectivity index (χ2v) is 8.34. The van der Waals surface area contributed by atoms with Gasteiger partial charge < -0.3 is 10.5 Å². The molecule has 2 aromatic carbocycles. The van der Waals surface area contributed by atoms with E-state index in [-0.39, 0.29) is 12.6 Å². The van der Waals surface area contributed by atoms with Gasteiger partial charge in [0.1, 0.15) is 11.9 Å². The fourth-order valence-electron chi connectivity index (χ4n) is 2.12. The molecule has 0 radical (unpaired) electrons. The normalized spacial score (nSPS) is 13.0. The van der Waals surface area contributed by atoms with Gasteiger partial charge in [-0.05, 0) is 56.2 Å². The van der Waals surface area contributed by atoms with Crippen LogP contribution in [0.4, 0.5) is 5.69 Å². The standard InChI is InChI=1S/C18H24N2O3S/c1-13(2)24(21,22)20-12-14(3)23-18-9-7-15(8-10-18)16-5-4-6-17(19)11-16/h4-11,13-14,20H,12,19H2,1-3H3. The van der Waals surface area contributed by atoms with Crippen LogP contribution in [0.15, 0.2) is 48.5 Å². The first-order chi connectivity index (χ1) is 11.3. The maximum Gasteiger partial charge on any atom is 0.214 e. The Hall–Kier alpha value is -2.05. The SMILES string of the molecule is CC(CNS(=O)(=O)C(C)C)Oc1ccc(-c2cccc(N)c2)cc1. The predicted molar refractivity (Wildman–Crippen MR) is 98.4 cm³/mol. The molecule has 0 aliphatic heterocycles. The average Bonchev–Trinajstić information content (AvgIpc) is 2.53. The summed E-state index contributed by atoms with van der Waals surface area (Å²) in [5.74, 6) is 0.693. The summed E-state index contributed by atoms with van der Waals surface area (Å²) in [6.45, 7) is 5.35. The van der Waals surface area contributed by atoms with E-state index in [4.69, 9.17) is 10.5 Å². The van der Waals surface area contributed by atoms with Crippen molar-refractivity contribution >= 4 is 15.7 Å². The summed E-state index contributed by atoms with van der Waals surface area (Å²) in [6.07, 6.45) is -0.267. The van der Waals surface area contributed by atoms with Crippen molar-refractivity contribution < 1.29 is 13.2 Å². The largest absolute Gasteiger partial charge is 0.489 e. The van der Waals surface area contributed by atoms with Crippen molar-refractivity contribution in [2.45, 2.75) is 32.1 Å². The minimum atomic E-state index is -3.27. The third-order valence-corrected chi connectivity index (χ3v) is 5.41. The average molecular weight is 348 g/mol. The molecule has 0 spiro atoms. The zero-order valence-corrected chi connectivity index (χ0v) is 15.0. The summed E-state index contributed by atoms with van der Waals surface area (Å²) in [5, 5.41) is -0.456. The summed E-state index contributed by atoms with van der Waals surface area (Å²) in [5.41, 5.74) is 8.61. The maximum absolute atomic E-state index is 11.7. The molecule has 0 amide bonds. The Morgan fingerprint density at radius 3 is 2.29 bits per heavy atom. The van der Waals surface area contributed by atoms with E-state index in [2.05, 4.69) is 4.72 Å².